The molecule has 232 valence electrons. The number of H-pyrrole nitrogens is 1. The number of hydrogen-bond donors (Lipinski definition) is 4. The van der Waals surface area contributed by atoms with Crippen molar-refractivity contribution < 1.29 is 23.8 Å². The third-order valence-corrected chi connectivity index (χ3v) is 7.24. The molecule has 0 unspecified atom stereocenters. The third-order valence-electron chi connectivity index (χ3n) is 6.93. The van der Waals surface area contributed by atoms with Gasteiger partial charge in [-0.25, -0.2) is 4.79 Å². The SMILES string of the molecule is CC(=O)Nc1cc2c(Oc3ccc(NC(=O)Nc4cc(C(C)(C)C)[nH]n4)c(Cl)c3)ccnc2cc1OCCN1CCOCC1. The summed E-state index contributed by atoms with van der Waals surface area (Å²) in [6.45, 7) is 11.9. The van der Waals surface area contributed by atoms with Crippen molar-refractivity contribution in [2.75, 3.05) is 55.4 Å². The number of aromatic amines is 1. The van der Waals surface area contributed by atoms with E-state index in [9.17, 15) is 9.59 Å². The molecule has 4 aromatic rings. The number of benzene rings is 2. The number of hydrogen-bond acceptors (Lipinski definition) is 8. The van der Waals surface area contributed by atoms with Crippen LogP contribution >= 0.6 is 11.6 Å². The van der Waals surface area contributed by atoms with Crippen molar-refractivity contribution >= 4 is 51.6 Å². The lowest BCUT2D eigenvalue weighted by atomic mass is 9.92. The van der Waals surface area contributed by atoms with Gasteiger partial charge in [-0.3, -0.25) is 25.1 Å². The smallest absolute Gasteiger partial charge is 0.324 e. The maximum absolute atomic E-state index is 12.6. The molecular formula is C31H36ClN7O5. The van der Waals surface area contributed by atoms with Crippen LogP contribution in [0.5, 0.6) is 17.2 Å². The monoisotopic (exact) mass is 621 g/mol. The van der Waals surface area contributed by atoms with Gasteiger partial charge in [-0.2, -0.15) is 5.10 Å². The number of ether oxygens (including phenoxy) is 3. The van der Waals surface area contributed by atoms with Crippen LogP contribution in [0.2, 0.25) is 5.02 Å². The van der Waals surface area contributed by atoms with E-state index in [0.717, 1.165) is 25.3 Å². The van der Waals surface area contributed by atoms with E-state index < -0.39 is 6.03 Å². The van der Waals surface area contributed by atoms with Gasteiger partial charge in [-0.1, -0.05) is 32.4 Å². The Kier molecular flexibility index (Phi) is 9.52. The molecule has 1 saturated heterocycles. The molecule has 5 rings (SSSR count). The van der Waals surface area contributed by atoms with E-state index in [-0.39, 0.29) is 16.3 Å². The predicted octanol–water partition coefficient (Wildman–Crippen LogP) is 6.01. The minimum absolute atomic E-state index is 0.132. The lowest BCUT2D eigenvalue weighted by Crippen LogP contribution is -2.38. The number of carbonyl (C=O) groups is 2. The number of fused-ring (bicyclic) bond motifs is 1. The zero-order chi connectivity index (χ0) is 31.3. The van der Waals surface area contributed by atoms with Gasteiger partial charge in [0, 0.05) is 67.4 Å². The van der Waals surface area contributed by atoms with Gasteiger partial charge in [-0.05, 0) is 24.3 Å². The molecule has 0 spiro atoms. The molecule has 1 fully saturated rings. The lowest BCUT2D eigenvalue weighted by molar-refractivity contribution is -0.114. The standard InChI is InChI=1S/C31H36ClN7O5/c1-19(40)34-25-16-21-24(17-27(25)43-14-11-39-9-12-42-13-10-39)33-8-7-26(21)44-20-5-6-23(22(32)15-20)35-30(41)36-29-18-28(37-38-29)31(2,3)4/h5-8,15-18H,9-14H2,1-4H3,(H,34,40)(H3,35,36,37,38,41). The van der Waals surface area contributed by atoms with Crippen LogP contribution in [0, 0.1) is 0 Å². The molecule has 3 heterocycles. The molecule has 1 aliphatic rings. The minimum atomic E-state index is -0.485. The van der Waals surface area contributed by atoms with Gasteiger partial charge in [-0.15, -0.1) is 0 Å². The number of amides is 3. The quantitative estimate of drug-likeness (QED) is 0.178. The Morgan fingerprint density at radius 3 is 2.52 bits per heavy atom. The number of anilines is 3. The van der Waals surface area contributed by atoms with E-state index in [1.54, 1.807) is 48.7 Å². The summed E-state index contributed by atoms with van der Waals surface area (Å²) in [7, 11) is 0. The van der Waals surface area contributed by atoms with Crippen molar-refractivity contribution in [1.29, 1.82) is 0 Å². The molecule has 13 heteroatoms. The first-order valence-corrected chi connectivity index (χ1v) is 14.7. The van der Waals surface area contributed by atoms with Crippen LogP contribution in [0.15, 0.2) is 48.7 Å². The molecule has 0 saturated carbocycles. The highest BCUT2D eigenvalue weighted by atomic mass is 35.5. The second-order valence-corrected chi connectivity index (χ2v) is 11.8. The number of carbonyl (C=O) groups excluding carboxylic acids is 2. The Morgan fingerprint density at radius 1 is 1.02 bits per heavy atom. The number of halogens is 1. The third kappa shape index (κ3) is 7.95. The van der Waals surface area contributed by atoms with Crippen molar-refractivity contribution in [1.82, 2.24) is 20.1 Å². The fourth-order valence-electron chi connectivity index (χ4n) is 4.58. The van der Waals surface area contributed by atoms with Crippen molar-refractivity contribution in [3.05, 3.63) is 59.4 Å². The van der Waals surface area contributed by atoms with Gasteiger partial charge >= 0.3 is 6.03 Å². The highest BCUT2D eigenvalue weighted by Crippen LogP contribution is 2.37. The molecule has 3 amide bonds. The maximum atomic E-state index is 12.6. The Labute approximate surface area is 260 Å². The van der Waals surface area contributed by atoms with Gasteiger partial charge in [0.25, 0.3) is 0 Å². The average molecular weight is 622 g/mol. The predicted molar refractivity (Wildman–Crippen MR) is 170 cm³/mol. The zero-order valence-electron chi connectivity index (χ0n) is 25.1. The van der Waals surface area contributed by atoms with Crippen LogP contribution in [0.3, 0.4) is 0 Å². The number of urea groups is 1. The van der Waals surface area contributed by atoms with E-state index >= 15 is 0 Å². The van der Waals surface area contributed by atoms with Crippen LogP contribution in [0.1, 0.15) is 33.4 Å². The van der Waals surface area contributed by atoms with Gasteiger partial charge in [0.2, 0.25) is 5.91 Å². The second kappa shape index (κ2) is 13.5. The maximum Gasteiger partial charge on any atom is 0.324 e. The summed E-state index contributed by atoms with van der Waals surface area (Å²) in [6.07, 6.45) is 1.63. The first-order chi connectivity index (χ1) is 21.0. The van der Waals surface area contributed by atoms with E-state index in [4.69, 9.17) is 25.8 Å². The Balaban J connectivity index is 1.28. The molecular weight excluding hydrogens is 586 g/mol. The summed E-state index contributed by atoms with van der Waals surface area (Å²) >= 11 is 6.50. The minimum Gasteiger partial charge on any atom is -0.490 e. The molecule has 0 bridgehead atoms. The number of rotatable bonds is 9. The summed E-state index contributed by atoms with van der Waals surface area (Å²) < 4.78 is 17.7. The topological polar surface area (TPSA) is 143 Å². The summed E-state index contributed by atoms with van der Waals surface area (Å²) in [5, 5.41) is 16.3. The lowest BCUT2D eigenvalue weighted by Gasteiger charge is -2.26. The first kappa shape index (κ1) is 31.0. The van der Waals surface area contributed by atoms with Gasteiger partial charge in [0.05, 0.1) is 35.1 Å². The molecule has 44 heavy (non-hydrogen) atoms. The fourth-order valence-corrected chi connectivity index (χ4v) is 4.80. The van der Waals surface area contributed by atoms with Crippen molar-refractivity contribution in [2.24, 2.45) is 0 Å². The van der Waals surface area contributed by atoms with E-state index in [2.05, 4.69) is 36.0 Å². The molecule has 12 nitrogen and oxygen atoms in total. The van der Waals surface area contributed by atoms with Crippen LogP contribution in [0.25, 0.3) is 10.9 Å². The second-order valence-electron chi connectivity index (χ2n) is 11.4. The van der Waals surface area contributed by atoms with Gasteiger partial charge < -0.3 is 24.8 Å². The largest absolute Gasteiger partial charge is 0.490 e. The van der Waals surface area contributed by atoms with Crippen LogP contribution in [0.4, 0.5) is 22.0 Å². The number of nitrogens with one attached hydrogen (secondary N) is 4. The number of aromatic nitrogens is 3. The Hall–Kier alpha value is -4.39. The Bertz CT molecular complexity index is 1650. The zero-order valence-corrected chi connectivity index (χ0v) is 25.9. The highest BCUT2D eigenvalue weighted by Gasteiger charge is 2.18. The average Bonchev–Trinajstić information content (AvgIpc) is 3.44. The van der Waals surface area contributed by atoms with E-state index in [0.29, 0.717) is 65.2 Å². The van der Waals surface area contributed by atoms with Crippen molar-refractivity contribution in [3.8, 4) is 17.2 Å². The van der Waals surface area contributed by atoms with E-state index in [1.165, 1.54) is 6.92 Å². The fraction of sp³-hybridized carbons (Fsp3) is 0.355. The molecule has 0 aliphatic carbocycles. The summed E-state index contributed by atoms with van der Waals surface area (Å²) in [4.78, 5) is 31.3. The molecule has 2 aromatic heterocycles. The highest BCUT2D eigenvalue weighted by molar-refractivity contribution is 6.34. The number of morpholine rings is 1. The Morgan fingerprint density at radius 2 is 1.82 bits per heavy atom. The number of nitrogens with zero attached hydrogens (tertiary/aromatic N) is 3. The molecule has 4 N–H and O–H groups in total. The van der Waals surface area contributed by atoms with Crippen LogP contribution in [-0.4, -0.2) is 71.5 Å². The van der Waals surface area contributed by atoms with Crippen LogP contribution < -0.4 is 25.4 Å². The summed E-state index contributed by atoms with van der Waals surface area (Å²) in [5.74, 6) is 1.64. The molecule has 0 atom stereocenters. The van der Waals surface area contributed by atoms with Gasteiger partial charge in [0.1, 0.15) is 23.9 Å². The normalized spacial score (nSPS) is 13.8. The number of pyridine rings is 1. The first-order valence-electron chi connectivity index (χ1n) is 14.3. The van der Waals surface area contributed by atoms with Crippen LogP contribution in [-0.2, 0) is 14.9 Å². The van der Waals surface area contributed by atoms with E-state index in [1.807, 2.05) is 20.8 Å². The van der Waals surface area contributed by atoms with Gasteiger partial charge in [0.15, 0.2) is 5.82 Å². The molecule has 2 aromatic carbocycles. The molecule has 1 aliphatic heterocycles. The molecule has 0 radical (unpaired) electrons. The summed E-state index contributed by atoms with van der Waals surface area (Å²) in [6, 6.07) is 11.5. The van der Waals surface area contributed by atoms with Crippen molar-refractivity contribution in [2.45, 2.75) is 33.1 Å². The van der Waals surface area contributed by atoms with Crippen molar-refractivity contribution in [3.63, 3.8) is 0 Å². The summed E-state index contributed by atoms with van der Waals surface area (Å²) in [5.41, 5.74) is 2.31.